The first kappa shape index (κ1) is 19.5. The number of nitrogens with zero attached hydrogens (tertiary/aromatic N) is 1. The van der Waals surface area contributed by atoms with Crippen molar-refractivity contribution in [2.24, 2.45) is 5.92 Å². The van der Waals surface area contributed by atoms with Crippen molar-refractivity contribution in [3.05, 3.63) is 66.2 Å². The van der Waals surface area contributed by atoms with E-state index >= 15 is 0 Å². The highest BCUT2D eigenvalue weighted by Crippen LogP contribution is 2.37. The zero-order chi connectivity index (χ0) is 19.1. The Hall–Kier alpha value is -2.27. The molecule has 0 unspecified atom stereocenters. The molecule has 142 valence electrons. The molecule has 2 atom stereocenters. The molecule has 1 saturated heterocycles. The quantitative estimate of drug-likeness (QED) is 0.550. The zero-order valence-electron chi connectivity index (χ0n) is 15.5. The average Bonchev–Trinajstić information content (AvgIpc) is 2.73. The van der Waals surface area contributed by atoms with Crippen molar-refractivity contribution in [1.29, 1.82) is 0 Å². The van der Waals surface area contributed by atoms with Crippen LogP contribution in [0.25, 0.3) is 0 Å². The predicted octanol–water partition coefficient (Wildman–Crippen LogP) is 4.32. The van der Waals surface area contributed by atoms with E-state index in [-0.39, 0.29) is 23.0 Å². The van der Waals surface area contributed by atoms with Crippen LogP contribution in [-0.4, -0.2) is 36.5 Å². The van der Waals surface area contributed by atoms with Gasteiger partial charge in [0.25, 0.3) is 0 Å². The first-order chi connectivity index (χ1) is 13.2. The van der Waals surface area contributed by atoms with Crippen LogP contribution in [0.15, 0.2) is 65.6 Å². The molecule has 0 spiro atoms. The van der Waals surface area contributed by atoms with Gasteiger partial charge < -0.3 is 9.64 Å². The van der Waals surface area contributed by atoms with E-state index in [0.29, 0.717) is 19.7 Å². The minimum absolute atomic E-state index is 0.0593. The van der Waals surface area contributed by atoms with Gasteiger partial charge in [-0.1, -0.05) is 48.5 Å². The van der Waals surface area contributed by atoms with E-state index in [0.717, 1.165) is 23.3 Å². The van der Waals surface area contributed by atoms with Gasteiger partial charge in [-0.25, -0.2) is 0 Å². The molecule has 0 N–H and O–H groups in total. The highest BCUT2D eigenvalue weighted by molar-refractivity contribution is 8.00. The van der Waals surface area contributed by atoms with Crippen LogP contribution in [0.1, 0.15) is 30.6 Å². The van der Waals surface area contributed by atoms with Crippen molar-refractivity contribution in [2.45, 2.75) is 29.9 Å². The molecule has 5 heteroatoms. The van der Waals surface area contributed by atoms with Crippen LogP contribution in [0.3, 0.4) is 0 Å². The molecule has 0 aromatic heterocycles. The highest BCUT2D eigenvalue weighted by atomic mass is 32.2. The topological polar surface area (TPSA) is 46.6 Å². The van der Waals surface area contributed by atoms with Crippen molar-refractivity contribution in [2.75, 3.05) is 19.7 Å². The van der Waals surface area contributed by atoms with E-state index in [2.05, 4.69) is 0 Å². The SMILES string of the molecule is CCOC(=O)[C@@H]1CCCN(C(=O)[C@H](Sc2ccccc2)c2ccccc2)C1. The Bertz CT molecular complexity index is 751. The Balaban J connectivity index is 1.79. The fraction of sp³-hybridized carbons (Fsp3) is 0.364. The lowest BCUT2D eigenvalue weighted by Gasteiger charge is -2.34. The maximum Gasteiger partial charge on any atom is 0.310 e. The van der Waals surface area contributed by atoms with E-state index < -0.39 is 0 Å². The Morgan fingerprint density at radius 2 is 1.78 bits per heavy atom. The summed E-state index contributed by atoms with van der Waals surface area (Å²) in [4.78, 5) is 28.4. The summed E-state index contributed by atoms with van der Waals surface area (Å²) >= 11 is 1.56. The van der Waals surface area contributed by atoms with Crippen LogP contribution >= 0.6 is 11.8 Å². The molecule has 1 amide bonds. The van der Waals surface area contributed by atoms with Gasteiger partial charge in [-0.2, -0.15) is 0 Å². The second-order valence-corrected chi connectivity index (χ2v) is 7.78. The predicted molar refractivity (Wildman–Crippen MR) is 107 cm³/mol. The van der Waals surface area contributed by atoms with Crippen LogP contribution in [0.2, 0.25) is 0 Å². The summed E-state index contributed by atoms with van der Waals surface area (Å²) in [7, 11) is 0. The van der Waals surface area contributed by atoms with Gasteiger partial charge in [-0.05, 0) is 37.5 Å². The summed E-state index contributed by atoms with van der Waals surface area (Å²) in [6, 6.07) is 19.8. The maximum atomic E-state index is 13.4. The lowest BCUT2D eigenvalue weighted by atomic mass is 9.97. The largest absolute Gasteiger partial charge is 0.466 e. The molecule has 0 aliphatic carbocycles. The van der Waals surface area contributed by atoms with Gasteiger partial charge in [-0.15, -0.1) is 11.8 Å². The lowest BCUT2D eigenvalue weighted by molar-refractivity contribution is -0.151. The molecule has 1 fully saturated rings. The molecule has 4 nitrogen and oxygen atoms in total. The van der Waals surface area contributed by atoms with E-state index in [1.165, 1.54) is 0 Å². The van der Waals surface area contributed by atoms with Crippen molar-refractivity contribution in [3.63, 3.8) is 0 Å². The number of carbonyl (C=O) groups excluding carboxylic acids is 2. The number of esters is 1. The van der Waals surface area contributed by atoms with E-state index in [9.17, 15) is 9.59 Å². The summed E-state index contributed by atoms with van der Waals surface area (Å²) in [5.41, 5.74) is 0.981. The van der Waals surface area contributed by atoms with E-state index in [1.807, 2.05) is 72.5 Å². The van der Waals surface area contributed by atoms with Crippen LogP contribution < -0.4 is 0 Å². The van der Waals surface area contributed by atoms with E-state index in [4.69, 9.17) is 4.74 Å². The minimum Gasteiger partial charge on any atom is -0.466 e. The summed E-state index contributed by atoms with van der Waals surface area (Å²) < 4.78 is 5.17. The lowest BCUT2D eigenvalue weighted by Crippen LogP contribution is -2.44. The van der Waals surface area contributed by atoms with Crippen LogP contribution in [0.4, 0.5) is 0 Å². The Morgan fingerprint density at radius 3 is 2.44 bits per heavy atom. The minimum atomic E-state index is -0.324. The molecule has 0 radical (unpaired) electrons. The number of hydrogen-bond acceptors (Lipinski definition) is 4. The summed E-state index contributed by atoms with van der Waals surface area (Å²) in [6.07, 6.45) is 1.61. The highest BCUT2D eigenvalue weighted by Gasteiger charge is 2.33. The third-order valence-electron chi connectivity index (χ3n) is 4.68. The number of hydrogen-bond donors (Lipinski definition) is 0. The van der Waals surface area contributed by atoms with Crippen molar-refractivity contribution in [3.8, 4) is 0 Å². The number of benzene rings is 2. The third kappa shape index (κ3) is 5.13. The Kier molecular flexibility index (Phi) is 6.93. The first-order valence-corrected chi connectivity index (χ1v) is 10.3. The molecule has 2 aromatic rings. The van der Waals surface area contributed by atoms with Crippen molar-refractivity contribution in [1.82, 2.24) is 4.90 Å². The standard InChI is InChI=1S/C22H25NO3S/c1-2-26-22(25)18-12-9-15-23(16-18)21(24)20(17-10-5-3-6-11-17)27-19-13-7-4-8-14-19/h3-8,10-11,13-14,18,20H,2,9,12,15-16H2,1H3/t18-,20-/m1/s1. The molecule has 1 aliphatic rings. The monoisotopic (exact) mass is 383 g/mol. The van der Waals surface area contributed by atoms with Gasteiger partial charge in [0.1, 0.15) is 5.25 Å². The van der Waals surface area contributed by atoms with E-state index in [1.54, 1.807) is 11.8 Å². The molecule has 0 bridgehead atoms. The zero-order valence-corrected chi connectivity index (χ0v) is 16.4. The van der Waals surface area contributed by atoms with Crippen LogP contribution in [0.5, 0.6) is 0 Å². The number of rotatable bonds is 6. The van der Waals surface area contributed by atoms with Crippen LogP contribution in [0, 0.1) is 5.92 Å². The summed E-state index contributed by atoms with van der Waals surface area (Å²) in [6.45, 7) is 3.31. The Morgan fingerprint density at radius 1 is 1.11 bits per heavy atom. The average molecular weight is 384 g/mol. The molecule has 1 aliphatic heterocycles. The number of thioether (sulfide) groups is 1. The summed E-state index contributed by atoms with van der Waals surface area (Å²) in [5.74, 6) is -0.355. The number of amides is 1. The summed E-state index contributed by atoms with van der Waals surface area (Å²) in [5, 5.41) is -0.324. The smallest absolute Gasteiger partial charge is 0.310 e. The van der Waals surface area contributed by atoms with Gasteiger partial charge in [0.15, 0.2) is 0 Å². The fourth-order valence-corrected chi connectivity index (χ4v) is 4.45. The Labute approximate surface area is 164 Å². The van der Waals surface area contributed by atoms with Gasteiger partial charge in [0.05, 0.1) is 12.5 Å². The first-order valence-electron chi connectivity index (χ1n) is 9.41. The van der Waals surface area contributed by atoms with Crippen LogP contribution in [-0.2, 0) is 14.3 Å². The third-order valence-corrected chi connectivity index (χ3v) is 5.93. The molecule has 1 heterocycles. The van der Waals surface area contributed by atoms with Gasteiger partial charge in [-0.3, -0.25) is 9.59 Å². The maximum absolute atomic E-state index is 13.4. The molecular formula is C22H25NO3S. The number of ether oxygens (including phenoxy) is 1. The second-order valence-electron chi connectivity index (χ2n) is 6.60. The van der Waals surface area contributed by atoms with Crippen molar-refractivity contribution < 1.29 is 14.3 Å². The van der Waals surface area contributed by atoms with Crippen molar-refractivity contribution >= 4 is 23.6 Å². The molecular weight excluding hydrogens is 358 g/mol. The normalized spacial score (nSPS) is 18.0. The molecule has 2 aromatic carbocycles. The number of carbonyl (C=O) groups is 2. The van der Waals surface area contributed by atoms with Gasteiger partial charge in [0.2, 0.25) is 5.91 Å². The second kappa shape index (κ2) is 9.60. The van der Waals surface area contributed by atoms with Gasteiger partial charge in [0, 0.05) is 18.0 Å². The molecule has 27 heavy (non-hydrogen) atoms. The molecule has 3 rings (SSSR count). The number of piperidine rings is 1. The fourth-order valence-electron chi connectivity index (χ4n) is 3.32. The molecule has 0 saturated carbocycles. The van der Waals surface area contributed by atoms with Gasteiger partial charge >= 0.3 is 5.97 Å². The number of likely N-dealkylation sites (tertiary alicyclic amines) is 1.